The number of carbonyl (C=O) groups excluding carboxylic acids is 1. The molecule has 2 rings (SSSR count). The van der Waals surface area contributed by atoms with Crippen LogP contribution in [0.5, 0.6) is 0 Å². The Morgan fingerprint density at radius 2 is 2.40 bits per heavy atom. The summed E-state index contributed by atoms with van der Waals surface area (Å²) in [6, 6.07) is 3.57. The van der Waals surface area contributed by atoms with Gasteiger partial charge in [-0.25, -0.2) is 4.98 Å². The third kappa shape index (κ3) is 2.26. The van der Waals surface area contributed by atoms with E-state index in [1.807, 2.05) is 0 Å². The highest BCUT2D eigenvalue weighted by molar-refractivity contribution is 9.11. The van der Waals surface area contributed by atoms with Crippen molar-refractivity contribution in [3.05, 3.63) is 34.5 Å². The highest BCUT2D eigenvalue weighted by atomic mass is 79.9. The quantitative estimate of drug-likeness (QED) is 0.771. The Morgan fingerprint density at radius 1 is 1.53 bits per heavy atom. The number of rotatable bonds is 2. The van der Waals surface area contributed by atoms with Crippen molar-refractivity contribution < 1.29 is 4.79 Å². The van der Waals surface area contributed by atoms with Gasteiger partial charge < -0.3 is 4.90 Å². The number of nitrogens with zero attached hydrogens (tertiary/aromatic N) is 2. The fourth-order valence-corrected chi connectivity index (χ4v) is 2.18. The van der Waals surface area contributed by atoms with Crippen LogP contribution in [0.1, 0.15) is 16.8 Å². The number of carbonyl (C=O) groups is 1. The van der Waals surface area contributed by atoms with E-state index < -0.39 is 0 Å². The van der Waals surface area contributed by atoms with Crippen molar-refractivity contribution in [1.82, 2.24) is 4.98 Å². The van der Waals surface area contributed by atoms with Crippen molar-refractivity contribution in [2.45, 2.75) is 6.42 Å². The zero-order chi connectivity index (χ0) is 10.7. The number of pyridine rings is 1. The third-order valence-electron chi connectivity index (χ3n) is 2.35. The van der Waals surface area contributed by atoms with Crippen LogP contribution in [-0.2, 0) is 0 Å². The molecule has 0 radical (unpaired) electrons. The minimum Gasteiger partial charge on any atom is -0.351 e. The second kappa shape index (κ2) is 4.57. The van der Waals surface area contributed by atoms with Gasteiger partial charge in [0.25, 0.3) is 0 Å². The molecule has 0 saturated heterocycles. The summed E-state index contributed by atoms with van der Waals surface area (Å²) in [4.78, 5) is 17.2. The largest absolute Gasteiger partial charge is 0.351 e. The summed E-state index contributed by atoms with van der Waals surface area (Å²) in [5, 5.41) is 0. The molecule has 4 heteroatoms. The molecule has 0 bridgehead atoms. The molecule has 3 nitrogen and oxygen atoms in total. The second-order valence-corrected chi connectivity index (χ2v) is 4.41. The molecular weight excluding hydrogens is 256 g/mol. The predicted octanol–water partition coefficient (Wildman–Crippen LogP) is 2.38. The van der Waals surface area contributed by atoms with Gasteiger partial charge in [-0.1, -0.05) is 22.0 Å². The molecule has 78 valence electrons. The molecule has 1 aromatic heterocycles. The Balaban J connectivity index is 2.29. The standard InChI is InChI=1S/C11H11BrN2O/c12-10-4-2-6-14(7-10)11-9(8-15)3-1-5-13-11/h1,3-5,8H,2,6-7H2. The van der Waals surface area contributed by atoms with E-state index in [4.69, 9.17) is 0 Å². The van der Waals surface area contributed by atoms with E-state index in [9.17, 15) is 4.79 Å². The summed E-state index contributed by atoms with van der Waals surface area (Å²) in [5.41, 5.74) is 0.653. The van der Waals surface area contributed by atoms with Crippen LogP contribution < -0.4 is 4.90 Å². The van der Waals surface area contributed by atoms with Crippen molar-refractivity contribution in [2.24, 2.45) is 0 Å². The average molecular weight is 267 g/mol. The molecule has 0 fully saturated rings. The lowest BCUT2D eigenvalue weighted by Gasteiger charge is -2.27. The maximum Gasteiger partial charge on any atom is 0.153 e. The molecule has 0 aliphatic carbocycles. The molecular formula is C11H11BrN2O. The van der Waals surface area contributed by atoms with E-state index in [0.717, 1.165) is 36.1 Å². The number of halogens is 1. The summed E-state index contributed by atoms with van der Waals surface area (Å²) in [5.74, 6) is 0.776. The van der Waals surface area contributed by atoms with Crippen molar-refractivity contribution >= 4 is 28.0 Å². The summed E-state index contributed by atoms with van der Waals surface area (Å²) < 4.78 is 1.15. The van der Waals surface area contributed by atoms with Gasteiger partial charge in [0.05, 0.1) is 12.1 Å². The average Bonchev–Trinajstić information content (AvgIpc) is 2.29. The van der Waals surface area contributed by atoms with Crippen molar-refractivity contribution in [3.63, 3.8) is 0 Å². The first kappa shape index (κ1) is 10.4. The molecule has 0 atom stereocenters. The summed E-state index contributed by atoms with van der Waals surface area (Å²) >= 11 is 3.48. The lowest BCUT2D eigenvalue weighted by Crippen LogP contribution is -2.30. The van der Waals surface area contributed by atoms with Gasteiger partial charge in [0, 0.05) is 17.2 Å². The molecule has 1 aromatic rings. The van der Waals surface area contributed by atoms with Gasteiger partial charge in [-0.2, -0.15) is 0 Å². The van der Waals surface area contributed by atoms with Crippen molar-refractivity contribution in [3.8, 4) is 0 Å². The first-order valence-electron chi connectivity index (χ1n) is 4.81. The summed E-state index contributed by atoms with van der Waals surface area (Å²) in [7, 11) is 0. The molecule has 15 heavy (non-hydrogen) atoms. The zero-order valence-electron chi connectivity index (χ0n) is 8.19. The van der Waals surface area contributed by atoms with Crippen LogP contribution >= 0.6 is 15.9 Å². The molecule has 2 heterocycles. The Morgan fingerprint density at radius 3 is 3.13 bits per heavy atom. The molecule has 0 spiro atoms. The van der Waals surface area contributed by atoms with Crippen LogP contribution in [0.4, 0.5) is 5.82 Å². The first-order chi connectivity index (χ1) is 7.31. The Labute approximate surface area is 96.9 Å². The van der Waals surface area contributed by atoms with Crippen LogP contribution in [0.15, 0.2) is 28.9 Å². The van der Waals surface area contributed by atoms with E-state index >= 15 is 0 Å². The topological polar surface area (TPSA) is 33.2 Å². The van der Waals surface area contributed by atoms with Gasteiger partial charge in [0.15, 0.2) is 6.29 Å². The minimum absolute atomic E-state index is 0.653. The molecule has 0 saturated carbocycles. The van der Waals surface area contributed by atoms with Gasteiger partial charge >= 0.3 is 0 Å². The first-order valence-corrected chi connectivity index (χ1v) is 5.60. The van der Waals surface area contributed by atoms with Crippen LogP contribution in [0.2, 0.25) is 0 Å². The van der Waals surface area contributed by atoms with Crippen molar-refractivity contribution in [2.75, 3.05) is 18.0 Å². The lowest BCUT2D eigenvalue weighted by molar-refractivity contribution is 0.112. The highest BCUT2D eigenvalue weighted by Gasteiger charge is 2.15. The second-order valence-electron chi connectivity index (χ2n) is 3.40. The van der Waals surface area contributed by atoms with Crippen LogP contribution in [0.25, 0.3) is 0 Å². The Kier molecular flexibility index (Phi) is 3.16. The molecule has 0 aromatic carbocycles. The Hall–Kier alpha value is -1.16. The maximum absolute atomic E-state index is 10.9. The summed E-state index contributed by atoms with van der Waals surface area (Å²) in [6.07, 6.45) is 5.71. The highest BCUT2D eigenvalue weighted by Crippen LogP contribution is 2.22. The maximum atomic E-state index is 10.9. The number of hydrogen-bond donors (Lipinski definition) is 0. The fourth-order valence-electron chi connectivity index (χ4n) is 1.65. The summed E-state index contributed by atoms with van der Waals surface area (Å²) in [6.45, 7) is 1.70. The molecule has 1 aliphatic heterocycles. The number of aldehydes is 1. The van der Waals surface area contributed by atoms with Crippen LogP contribution in [0, 0.1) is 0 Å². The minimum atomic E-state index is 0.653. The van der Waals surface area contributed by atoms with Gasteiger partial charge in [-0.15, -0.1) is 0 Å². The fraction of sp³-hybridized carbons (Fsp3) is 0.273. The SMILES string of the molecule is O=Cc1cccnc1N1CCC=C(Br)C1. The van der Waals surface area contributed by atoms with E-state index in [2.05, 4.69) is 31.9 Å². The van der Waals surface area contributed by atoms with Crippen LogP contribution in [-0.4, -0.2) is 24.4 Å². The lowest BCUT2D eigenvalue weighted by atomic mass is 10.2. The number of hydrogen-bond acceptors (Lipinski definition) is 3. The van der Waals surface area contributed by atoms with Gasteiger partial charge in [-0.05, 0) is 18.6 Å². The normalized spacial score (nSPS) is 16.1. The van der Waals surface area contributed by atoms with E-state index in [1.165, 1.54) is 0 Å². The van der Waals surface area contributed by atoms with E-state index in [0.29, 0.717) is 5.56 Å². The zero-order valence-corrected chi connectivity index (χ0v) is 9.77. The number of aromatic nitrogens is 1. The molecule has 1 aliphatic rings. The van der Waals surface area contributed by atoms with Gasteiger partial charge in [-0.3, -0.25) is 4.79 Å². The number of anilines is 1. The Bertz CT molecular complexity index is 403. The predicted molar refractivity (Wildman–Crippen MR) is 63.5 cm³/mol. The van der Waals surface area contributed by atoms with E-state index in [-0.39, 0.29) is 0 Å². The van der Waals surface area contributed by atoms with Crippen molar-refractivity contribution in [1.29, 1.82) is 0 Å². The van der Waals surface area contributed by atoms with Gasteiger partial charge in [0.2, 0.25) is 0 Å². The monoisotopic (exact) mass is 266 g/mol. The van der Waals surface area contributed by atoms with Gasteiger partial charge in [0.1, 0.15) is 5.82 Å². The molecule has 0 N–H and O–H groups in total. The molecule has 0 unspecified atom stereocenters. The molecule has 0 amide bonds. The third-order valence-corrected chi connectivity index (χ3v) is 2.92. The smallest absolute Gasteiger partial charge is 0.153 e. The van der Waals surface area contributed by atoms with E-state index in [1.54, 1.807) is 18.3 Å². The van der Waals surface area contributed by atoms with Crippen LogP contribution in [0.3, 0.4) is 0 Å².